The summed E-state index contributed by atoms with van der Waals surface area (Å²) in [6.45, 7) is 1.55. The van der Waals surface area contributed by atoms with Crippen molar-refractivity contribution in [2.75, 3.05) is 7.11 Å². The number of ether oxygens (including phenoxy) is 1. The Labute approximate surface area is 161 Å². The minimum Gasteiger partial charge on any atom is -0.496 e. The van der Waals surface area contributed by atoms with Gasteiger partial charge >= 0.3 is 0 Å². The summed E-state index contributed by atoms with van der Waals surface area (Å²) >= 11 is 1.51. The highest BCUT2D eigenvalue weighted by molar-refractivity contribution is 7.98. The molecule has 0 atom stereocenters. The van der Waals surface area contributed by atoms with Crippen LogP contribution in [0.4, 0.5) is 0 Å². The van der Waals surface area contributed by atoms with Crippen molar-refractivity contribution in [3.05, 3.63) is 63.9 Å². The molecule has 27 heavy (non-hydrogen) atoms. The largest absolute Gasteiger partial charge is 0.496 e. The second kappa shape index (κ2) is 7.19. The molecule has 0 saturated heterocycles. The van der Waals surface area contributed by atoms with E-state index in [4.69, 9.17) is 9.72 Å². The number of methoxy groups -OCH3 is 1. The molecular weight excluding hydrogens is 360 g/mol. The molecule has 0 spiro atoms. The Bertz CT molecular complexity index is 1090. The van der Waals surface area contributed by atoms with E-state index in [-0.39, 0.29) is 17.4 Å². The number of hydrogen-bond acceptors (Lipinski definition) is 5. The average Bonchev–Trinajstić information content (AvgIpc) is 3.51. The summed E-state index contributed by atoms with van der Waals surface area (Å²) < 4.78 is 7.27. The maximum absolute atomic E-state index is 12.9. The number of thioether (sulfide) groups is 1. The van der Waals surface area contributed by atoms with Crippen LogP contribution in [0.2, 0.25) is 0 Å². The fraction of sp³-hybridized carbons (Fsp3) is 0.286. The van der Waals surface area contributed by atoms with Crippen molar-refractivity contribution < 1.29 is 9.53 Å². The Morgan fingerprint density at radius 1 is 1.26 bits per heavy atom. The van der Waals surface area contributed by atoms with Gasteiger partial charge in [-0.25, -0.2) is 4.98 Å². The fourth-order valence-electron chi connectivity index (χ4n) is 3.13. The molecule has 1 aliphatic carbocycles. The Morgan fingerprint density at radius 2 is 2.04 bits per heavy atom. The lowest BCUT2D eigenvalue weighted by molar-refractivity contribution is 0.101. The van der Waals surface area contributed by atoms with Crippen molar-refractivity contribution in [1.29, 1.82) is 0 Å². The predicted molar refractivity (Wildman–Crippen MR) is 107 cm³/mol. The molecule has 0 aliphatic heterocycles. The molecule has 0 bridgehead atoms. The molecule has 1 aliphatic rings. The summed E-state index contributed by atoms with van der Waals surface area (Å²) in [6, 6.07) is 13.1. The topological polar surface area (TPSA) is 61.2 Å². The molecule has 0 unspecified atom stereocenters. The number of carbonyl (C=O) groups is 1. The van der Waals surface area contributed by atoms with Crippen LogP contribution in [0.1, 0.15) is 41.7 Å². The van der Waals surface area contributed by atoms with Crippen LogP contribution < -0.4 is 10.3 Å². The first kappa shape index (κ1) is 17.8. The Kier molecular flexibility index (Phi) is 4.74. The van der Waals surface area contributed by atoms with E-state index in [2.05, 4.69) is 0 Å². The number of hydrogen-bond donors (Lipinski definition) is 0. The average molecular weight is 380 g/mol. The normalized spacial score (nSPS) is 13.7. The first-order valence-electron chi connectivity index (χ1n) is 8.90. The van der Waals surface area contributed by atoms with Gasteiger partial charge in [0, 0.05) is 22.9 Å². The number of fused-ring (bicyclic) bond motifs is 1. The van der Waals surface area contributed by atoms with Crippen molar-refractivity contribution in [2.24, 2.45) is 0 Å². The zero-order valence-corrected chi connectivity index (χ0v) is 16.1. The van der Waals surface area contributed by atoms with Gasteiger partial charge in [-0.15, -0.1) is 0 Å². The van der Waals surface area contributed by atoms with E-state index in [0.717, 1.165) is 29.3 Å². The van der Waals surface area contributed by atoms with Crippen LogP contribution in [-0.4, -0.2) is 22.4 Å². The second-order valence-electron chi connectivity index (χ2n) is 6.69. The summed E-state index contributed by atoms with van der Waals surface area (Å²) in [5.74, 6) is 1.32. The summed E-state index contributed by atoms with van der Waals surface area (Å²) in [7, 11) is 1.62. The van der Waals surface area contributed by atoms with E-state index in [0.29, 0.717) is 22.2 Å². The number of ketones is 1. The third-order valence-electron chi connectivity index (χ3n) is 4.73. The van der Waals surface area contributed by atoms with Gasteiger partial charge in [-0.2, -0.15) is 0 Å². The molecule has 1 saturated carbocycles. The van der Waals surface area contributed by atoms with Crippen molar-refractivity contribution in [3.8, 4) is 5.75 Å². The summed E-state index contributed by atoms with van der Waals surface area (Å²) in [5.41, 5.74) is 2.30. The van der Waals surface area contributed by atoms with Gasteiger partial charge < -0.3 is 4.74 Å². The molecule has 6 heteroatoms. The van der Waals surface area contributed by atoms with Gasteiger partial charge in [0.15, 0.2) is 10.9 Å². The van der Waals surface area contributed by atoms with Gasteiger partial charge in [0.1, 0.15) is 5.75 Å². The molecule has 0 N–H and O–H groups in total. The minimum atomic E-state index is 0.0163. The number of carbonyl (C=O) groups excluding carboxylic acids is 1. The maximum atomic E-state index is 12.9. The van der Waals surface area contributed by atoms with Crippen LogP contribution in [0, 0.1) is 0 Å². The van der Waals surface area contributed by atoms with Crippen LogP contribution in [-0.2, 0) is 5.75 Å². The molecule has 1 aromatic heterocycles. The van der Waals surface area contributed by atoms with Crippen molar-refractivity contribution in [2.45, 2.75) is 36.7 Å². The van der Waals surface area contributed by atoms with E-state index in [1.165, 1.54) is 11.8 Å². The van der Waals surface area contributed by atoms with Gasteiger partial charge in [0.05, 0.1) is 18.0 Å². The number of rotatable bonds is 6. The fourth-order valence-corrected chi connectivity index (χ4v) is 4.18. The van der Waals surface area contributed by atoms with E-state index in [1.807, 2.05) is 41.0 Å². The summed E-state index contributed by atoms with van der Waals surface area (Å²) in [4.78, 5) is 29.4. The summed E-state index contributed by atoms with van der Waals surface area (Å²) in [6.07, 6.45) is 2.02. The second-order valence-corrected chi connectivity index (χ2v) is 7.63. The number of para-hydroxylation sites is 1. The van der Waals surface area contributed by atoms with Crippen LogP contribution in [0.15, 0.2) is 52.4 Å². The monoisotopic (exact) mass is 380 g/mol. The molecular formula is C21H20N2O3S. The lowest BCUT2D eigenvalue weighted by Crippen LogP contribution is -2.22. The zero-order valence-electron chi connectivity index (χ0n) is 15.3. The third kappa shape index (κ3) is 3.49. The van der Waals surface area contributed by atoms with Crippen molar-refractivity contribution >= 4 is 28.4 Å². The molecule has 1 fully saturated rings. The van der Waals surface area contributed by atoms with Crippen molar-refractivity contribution in [1.82, 2.24) is 9.55 Å². The van der Waals surface area contributed by atoms with Gasteiger partial charge in [-0.1, -0.05) is 23.9 Å². The maximum Gasteiger partial charge on any atom is 0.262 e. The zero-order chi connectivity index (χ0) is 19.0. The number of aromatic nitrogens is 2. The van der Waals surface area contributed by atoms with E-state index in [1.54, 1.807) is 20.1 Å². The molecule has 0 amide bonds. The first-order valence-corrected chi connectivity index (χ1v) is 9.89. The van der Waals surface area contributed by atoms with Crippen molar-refractivity contribution in [3.63, 3.8) is 0 Å². The van der Waals surface area contributed by atoms with E-state index >= 15 is 0 Å². The lowest BCUT2D eigenvalue weighted by atomic mass is 10.1. The van der Waals surface area contributed by atoms with E-state index < -0.39 is 0 Å². The quantitative estimate of drug-likeness (QED) is 0.364. The van der Waals surface area contributed by atoms with Gasteiger partial charge in [0.25, 0.3) is 5.56 Å². The standard InChI is InChI=1S/C21H20N2O3S/c1-13(24)14-7-10-19(26-2)15(11-14)12-27-21-22-18-6-4-3-5-17(18)20(25)23(21)16-8-9-16/h3-7,10-11,16H,8-9,12H2,1-2H3. The highest BCUT2D eigenvalue weighted by Gasteiger charge is 2.28. The minimum absolute atomic E-state index is 0.0163. The van der Waals surface area contributed by atoms with Gasteiger partial charge in [-0.05, 0) is 50.1 Å². The molecule has 2 aromatic carbocycles. The SMILES string of the molecule is COc1ccc(C(C)=O)cc1CSc1nc2ccccc2c(=O)n1C1CC1. The number of nitrogens with zero attached hydrogens (tertiary/aromatic N) is 2. The predicted octanol–water partition coefficient (Wildman–Crippen LogP) is 4.23. The Morgan fingerprint density at radius 3 is 2.74 bits per heavy atom. The van der Waals surface area contributed by atoms with Crippen LogP contribution in [0.3, 0.4) is 0 Å². The van der Waals surface area contributed by atoms with Crippen LogP contribution in [0.5, 0.6) is 5.75 Å². The molecule has 4 rings (SSSR count). The van der Waals surface area contributed by atoms with Crippen LogP contribution >= 0.6 is 11.8 Å². The molecule has 5 nitrogen and oxygen atoms in total. The smallest absolute Gasteiger partial charge is 0.262 e. The highest BCUT2D eigenvalue weighted by atomic mass is 32.2. The third-order valence-corrected chi connectivity index (χ3v) is 5.73. The first-order chi connectivity index (χ1) is 13.1. The number of Topliss-reactive ketones (excluding diaryl/α,β-unsaturated/α-hetero) is 1. The molecule has 1 heterocycles. The number of benzene rings is 2. The Hall–Kier alpha value is -2.60. The van der Waals surface area contributed by atoms with Gasteiger partial charge in [-0.3, -0.25) is 14.2 Å². The molecule has 0 radical (unpaired) electrons. The highest BCUT2D eigenvalue weighted by Crippen LogP contribution is 2.38. The van der Waals surface area contributed by atoms with Crippen LogP contribution in [0.25, 0.3) is 10.9 Å². The molecule has 3 aromatic rings. The molecule has 138 valence electrons. The van der Waals surface area contributed by atoms with Gasteiger partial charge in [0.2, 0.25) is 0 Å². The van der Waals surface area contributed by atoms with E-state index in [9.17, 15) is 9.59 Å². The summed E-state index contributed by atoms with van der Waals surface area (Å²) in [5, 5.41) is 1.38. The lowest BCUT2D eigenvalue weighted by Gasteiger charge is -2.14. The Balaban J connectivity index is 1.72.